The number of amides is 1. The van der Waals surface area contributed by atoms with E-state index >= 15 is 0 Å². The van der Waals surface area contributed by atoms with Crippen LogP contribution in [0, 0.1) is 0 Å². The van der Waals surface area contributed by atoms with E-state index in [1.165, 1.54) is 0 Å². The minimum atomic E-state index is -1.20. The first-order valence-electron chi connectivity index (χ1n) is 6.25. The van der Waals surface area contributed by atoms with E-state index in [9.17, 15) is 14.7 Å². The van der Waals surface area contributed by atoms with Crippen LogP contribution in [-0.4, -0.2) is 28.8 Å². The highest BCUT2D eigenvalue weighted by atomic mass is 35.5. The van der Waals surface area contributed by atoms with Crippen molar-refractivity contribution in [2.45, 2.75) is 38.8 Å². The summed E-state index contributed by atoms with van der Waals surface area (Å²) in [6.07, 6.45) is -0.842. The van der Waals surface area contributed by atoms with Crippen LogP contribution < -0.4 is 5.32 Å². The van der Waals surface area contributed by atoms with E-state index in [2.05, 4.69) is 5.32 Å². The van der Waals surface area contributed by atoms with Gasteiger partial charge in [-0.2, -0.15) is 0 Å². The van der Waals surface area contributed by atoms with Gasteiger partial charge in [0.15, 0.2) is 0 Å². The molecule has 1 rings (SSSR count). The van der Waals surface area contributed by atoms with Gasteiger partial charge in [-0.3, -0.25) is 0 Å². The SMILES string of the molecule is CC(C)(C)OC(=O)NC(Cc1c(Cl)cccc1Cl)C(=O)O. The molecule has 5 nitrogen and oxygen atoms in total. The Bertz CT molecular complexity index is 520. The fraction of sp³-hybridized carbons (Fsp3) is 0.429. The van der Waals surface area contributed by atoms with Crippen LogP contribution in [0.1, 0.15) is 26.3 Å². The number of rotatable bonds is 4. The van der Waals surface area contributed by atoms with E-state index in [4.69, 9.17) is 27.9 Å². The van der Waals surface area contributed by atoms with Crippen LogP contribution in [0.15, 0.2) is 18.2 Å². The molecule has 1 amide bonds. The van der Waals surface area contributed by atoms with E-state index in [1.807, 2.05) is 0 Å². The van der Waals surface area contributed by atoms with Gasteiger partial charge in [0.1, 0.15) is 11.6 Å². The van der Waals surface area contributed by atoms with Gasteiger partial charge in [-0.25, -0.2) is 9.59 Å². The van der Waals surface area contributed by atoms with Gasteiger partial charge in [0.05, 0.1) is 0 Å². The van der Waals surface area contributed by atoms with E-state index in [-0.39, 0.29) is 6.42 Å². The molecule has 0 saturated carbocycles. The summed E-state index contributed by atoms with van der Waals surface area (Å²) < 4.78 is 5.04. The summed E-state index contributed by atoms with van der Waals surface area (Å²) in [5.41, 5.74) is -0.251. The molecule has 21 heavy (non-hydrogen) atoms. The van der Waals surface area contributed by atoms with Crippen LogP contribution in [0.25, 0.3) is 0 Å². The first-order valence-corrected chi connectivity index (χ1v) is 7.01. The second-order valence-corrected chi connectivity index (χ2v) is 6.26. The maximum absolute atomic E-state index is 11.7. The Hall–Kier alpha value is -1.46. The van der Waals surface area contributed by atoms with Gasteiger partial charge >= 0.3 is 12.1 Å². The van der Waals surface area contributed by atoms with Gasteiger partial charge in [0.25, 0.3) is 0 Å². The molecule has 0 aliphatic carbocycles. The summed E-state index contributed by atoms with van der Waals surface area (Å²) in [6, 6.07) is 3.69. The molecule has 1 aromatic carbocycles. The number of carboxylic acids is 1. The van der Waals surface area contributed by atoms with Crippen molar-refractivity contribution in [1.82, 2.24) is 5.32 Å². The second kappa shape index (κ2) is 7.00. The molecule has 7 heteroatoms. The molecular weight excluding hydrogens is 317 g/mol. The number of ether oxygens (including phenoxy) is 1. The van der Waals surface area contributed by atoms with E-state index in [0.29, 0.717) is 15.6 Å². The van der Waals surface area contributed by atoms with Crippen molar-refractivity contribution in [2.75, 3.05) is 0 Å². The molecule has 116 valence electrons. The van der Waals surface area contributed by atoms with Gasteiger partial charge < -0.3 is 15.2 Å². The molecule has 0 aromatic heterocycles. The molecule has 0 aliphatic rings. The van der Waals surface area contributed by atoms with Crippen LogP contribution in [-0.2, 0) is 16.0 Å². The number of carboxylic acid groups (broad SMARTS) is 1. The Morgan fingerprint density at radius 1 is 1.29 bits per heavy atom. The minimum Gasteiger partial charge on any atom is -0.480 e. The number of hydrogen-bond donors (Lipinski definition) is 2. The third kappa shape index (κ3) is 5.81. The van der Waals surface area contributed by atoms with Gasteiger partial charge in [-0.1, -0.05) is 29.3 Å². The third-order valence-electron chi connectivity index (χ3n) is 2.46. The summed E-state index contributed by atoms with van der Waals surface area (Å²) >= 11 is 12.0. The van der Waals surface area contributed by atoms with Crippen molar-refractivity contribution in [3.63, 3.8) is 0 Å². The van der Waals surface area contributed by atoms with Crippen LogP contribution in [0.5, 0.6) is 0 Å². The third-order valence-corrected chi connectivity index (χ3v) is 3.17. The molecule has 0 saturated heterocycles. The Balaban J connectivity index is 2.84. The van der Waals surface area contributed by atoms with E-state index < -0.39 is 23.7 Å². The molecule has 0 radical (unpaired) electrons. The number of halogens is 2. The van der Waals surface area contributed by atoms with Crippen LogP contribution >= 0.6 is 23.2 Å². The van der Waals surface area contributed by atoms with Crippen molar-refractivity contribution in [1.29, 1.82) is 0 Å². The molecular formula is C14H17Cl2NO4. The highest BCUT2D eigenvalue weighted by molar-refractivity contribution is 6.36. The number of alkyl carbamates (subject to hydrolysis) is 1. The number of nitrogens with one attached hydrogen (secondary N) is 1. The lowest BCUT2D eigenvalue weighted by molar-refractivity contribution is -0.139. The van der Waals surface area contributed by atoms with Crippen molar-refractivity contribution < 1.29 is 19.4 Å². The van der Waals surface area contributed by atoms with Gasteiger partial charge in [0, 0.05) is 16.5 Å². The topological polar surface area (TPSA) is 75.6 Å². The monoisotopic (exact) mass is 333 g/mol. The molecule has 0 heterocycles. The van der Waals surface area contributed by atoms with Crippen LogP contribution in [0.2, 0.25) is 10.0 Å². The summed E-state index contributed by atoms with van der Waals surface area (Å²) in [6.45, 7) is 5.06. The Labute approximate surface area is 133 Å². The Morgan fingerprint density at radius 2 is 1.81 bits per heavy atom. The van der Waals surface area contributed by atoms with Crippen molar-refractivity contribution >= 4 is 35.3 Å². The first kappa shape index (κ1) is 17.6. The molecule has 0 bridgehead atoms. The maximum atomic E-state index is 11.7. The largest absolute Gasteiger partial charge is 0.480 e. The summed E-state index contributed by atoms with van der Waals surface area (Å²) in [5.74, 6) is -1.20. The summed E-state index contributed by atoms with van der Waals surface area (Å²) in [5, 5.41) is 12.2. The van der Waals surface area contributed by atoms with E-state index in [0.717, 1.165) is 0 Å². The van der Waals surface area contributed by atoms with Gasteiger partial charge in [-0.15, -0.1) is 0 Å². The minimum absolute atomic E-state index is 0.0346. The number of carbonyl (C=O) groups is 2. The first-order chi connectivity index (χ1) is 9.60. The van der Waals surface area contributed by atoms with Crippen molar-refractivity contribution in [3.8, 4) is 0 Å². The Kier molecular flexibility index (Phi) is 5.87. The average Bonchev–Trinajstić information content (AvgIpc) is 2.29. The predicted molar refractivity (Wildman–Crippen MR) is 81.0 cm³/mol. The standard InChI is InChI=1S/C14H17Cl2NO4/c1-14(2,3)21-13(20)17-11(12(18)19)7-8-9(15)5-4-6-10(8)16/h4-6,11H,7H2,1-3H3,(H,17,20)(H,18,19). The van der Waals surface area contributed by atoms with Crippen molar-refractivity contribution in [2.24, 2.45) is 0 Å². The number of hydrogen-bond acceptors (Lipinski definition) is 3. The highest BCUT2D eigenvalue weighted by Crippen LogP contribution is 2.25. The number of benzene rings is 1. The summed E-state index contributed by atoms with van der Waals surface area (Å²) in [4.78, 5) is 22.9. The Morgan fingerprint density at radius 3 is 2.24 bits per heavy atom. The number of aliphatic carboxylic acids is 1. The fourth-order valence-electron chi connectivity index (χ4n) is 1.58. The van der Waals surface area contributed by atoms with Crippen LogP contribution in [0.4, 0.5) is 4.79 Å². The van der Waals surface area contributed by atoms with Crippen LogP contribution in [0.3, 0.4) is 0 Å². The zero-order valence-corrected chi connectivity index (χ0v) is 13.5. The zero-order chi connectivity index (χ0) is 16.2. The lowest BCUT2D eigenvalue weighted by Crippen LogP contribution is -2.44. The smallest absolute Gasteiger partial charge is 0.408 e. The molecule has 1 aromatic rings. The van der Waals surface area contributed by atoms with E-state index in [1.54, 1.807) is 39.0 Å². The fourth-order valence-corrected chi connectivity index (χ4v) is 2.13. The maximum Gasteiger partial charge on any atom is 0.408 e. The quantitative estimate of drug-likeness (QED) is 0.883. The molecule has 0 spiro atoms. The van der Waals surface area contributed by atoms with Gasteiger partial charge in [-0.05, 0) is 38.5 Å². The zero-order valence-electron chi connectivity index (χ0n) is 11.9. The molecule has 0 fully saturated rings. The molecule has 1 unspecified atom stereocenters. The normalized spacial score (nSPS) is 12.6. The lowest BCUT2D eigenvalue weighted by atomic mass is 10.1. The van der Waals surface area contributed by atoms with Crippen molar-refractivity contribution in [3.05, 3.63) is 33.8 Å². The summed E-state index contributed by atoms with van der Waals surface area (Å²) in [7, 11) is 0. The van der Waals surface area contributed by atoms with Gasteiger partial charge in [0.2, 0.25) is 0 Å². The lowest BCUT2D eigenvalue weighted by Gasteiger charge is -2.22. The molecule has 0 aliphatic heterocycles. The second-order valence-electron chi connectivity index (χ2n) is 5.44. The molecule has 1 atom stereocenters. The number of carbonyl (C=O) groups excluding carboxylic acids is 1. The highest BCUT2D eigenvalue weighted by Gasteiger charge is 2.25. The molecule has 2 N–H and O–H groups in total. The average molecular weight is 334 g/mol. The predicted octanol–water partition coefficient (Wildman–Crippen LogP) is 3.51.